The monoisotopic (exact) mass is 373 g/mol. The highest BCUT2D eigenvalue weighted by Crippen LogP contribution is 2.37. The van der Waals surface area contributed by atoms with Gasteiger partial charge in [-0.15, -0.1) is 0 Å². The maximum Gasteiger partial charge on any atom is 0.221 e. The van der Waals surface area contributed by atoms with Crippen molar-refractivity contribution in [2.75, 3.05) is 41.8 Å². The molecule has 2 aromatic carbocycles. The van der Waals surface area contributed by atoms with E-state index in [4.69, 9.17) is 10.2 Å². The third-order valence-electron chi connectivity index (χ3n) is 4.29. The molecule has 5 N–H and O–H groups in total. The lowest BCUT2D eigenvalue weighted by Crippen LogP contribution is -2.29. The number of nitrogens with one attached hydrogen (secondary N) is 2. The van der Waals surface area contributed by atoms with Gasteiger partial charge in [-0.05, 0) is 49.7 Å². The van der Waals surface area contributed by atoms with Crippen LogP contribution in [0, 0.1) is 13.8 Å². The molecule has 2 aromatic rings. The summed E-state index contributed by atoms with van der Waals surface area (Å²) in [6, 6.07) is 9.33. The molecular weight excluding hydrogens is 346 g/mol. The van der Waals surface area contributed by atoms with Crippen molar-refractivity contribution in [1.82, 2.24) is 0 Å². The van der Waals surface area contributed by atoms with E-state index < -0.39 is 0 Å². The quantitative estimate of drug-likeness (QED) is 0.456. The summed E-state index contributed by atoms with van der Waals surface area (Å²) in [6.45, 7) is 5.87. The standard InChI is InChI=1S/C20H27N3O4/c1-13-12-18(19(21-15(3)26)14(2)20(13)27)22-16-4-6-17(7-5-16)23(8-10-24)9-11-25/h4-7,12,22,24-25,27H,8-11H2,1-3H3,(H,21,26). The van der Waals surface area contributed by atoms with E-state index in [-0.39, 0.29) is 24.9 Å². The molecule has 0 spiro atoms. The van der Waals surface area contributed by atoms with Crippen LogP contribution in [0.1, 0.15) is 18.1 Å². The number of aliphatic hydroxyl groups is 2. The summed E-state index contributed by atoms with van der Waals surface area (Å²) in [6.07, 6.45) is 0. The van der Waals surface area contributed by atoms with Crippen molar-refractivity contribution in [3.8, 4) is 5.75 Å². The Bertz CT molecular complexity index is 785. The molecular formula is C20H27N3O4. The zero-order chi connectivity index (χ0) is 20.0. The average molecular weight is 373 g/mol. The topological polar surface area (TPSA) is 105 Å². The van der Waals surface area contributed by atoms with Gasteiger partial charge in [0.1, 0.15) is 5.75 Å². The van der Waals surface area contributed by atoms with Gasteiger partial charge >= 0.3 is 0 Å². The van der Waals surface area contributed by atoms with Crippen LogP contribution < -0.4 is 15.5 Å². The Hall–Kier alpha value is -2.77. The van der Waals surface area contributed by atoms with Crippen molar-refractivity contribution in [1.29, 1.82) is 0 Å². The van der Waals surface area contributed by atoms with Crippen LogP contribution in [-0.2, 0) is 4.79 Å². The lowest BCUT2D eigenvalue weighted by atomic mass is 10.1. The third-order valence-corrected chi connectivity index (χ3v) is 4.29. The molecule has 0 radical (unpaired) electrons. The van der Waals surface area contributed by atoms with E-state index in [0.717, 1.165) is 11.4 Å². The zero-order valence-corrected chi connectivity index (χ0v) is 15.9. The van der Waals surface area contributed by atoms with Crippen LogP contribution in [0.15, 0.2) is 30.3 Å². The molecule has 0 aliphatic heterocycles. The van der Waals surface area contributed by atoms with Crippen molar-refractivity contribution < 1.29 is 20.1 Å². The maximum absolute atomic E-state index is 11.5. The number of phenolic OH excluding ortho intramolecular Hbond substituents is 1. The Morgan fingerprint density at radius 1 is 1.07 bits per heavy atom. The smallest absolute Gasteiger partial charge is 0.221 e. The lowest BCUT2D eigenvalue weighted by molar-refractivity contribution is -0.114. The molecule has 0 fully saturated rings. The molecule has 0 saturated heterocycles. The van der Waals surface area contributed by atoms with E-state index in [0.29, 0.717) is 35.6 Å². The van der Waals surface area contributed by atoms with E-state index in [1.807, 2.05) is 29.2 Å². The largest absolute Gasteiger partial charge is 0.507 e. The average Bonchev–Trinajstić information content (AvgIpc) is 2.63. The van der Waals surface area contributed by atoms with Gasteiger partial charge in [-0.3, -0.25) is 4.79 Å². The summed E-state index contributed by atoms with van der Waals surface area (Å²) >= 11 is 0. The second-order valence-electron chi connectivity index (χ2n) is 6.38. The number of carbonyl (C=O) groups excluding carboxylic acids is 1. The minimum atomic E-state index is -0.219. The Labute approximate surface area is 159 Å². The number of aryl methyl sites for hydroxylation is 1. The molecule has 27 heavy (non-hydrogen) atoms. The first-order valence-electron chi connectivity index (χ1n) is 8.81. The van der Waals surface area contributed by atoms with E-state index in [1.165, 1.54) is 6.92 Å². The Kier molecular flexibility index (Phi) is 7.04. The van der Waals surface area contributed by atoms with Crippen LogP contribution in [-0.4, -0.2) is 47.5 Å². The van der Waals surface area contributed by atoms with Crippen LogP contribution in [0.25, 0.3) is 0 Å². The number of carbonyl (C=O) groups is 1. The SMILES string of the molecule is CC(=O)Nc1c(Nc2ccc(N(CCO)CCO)cc2)cc(C)c(O)c1C. The zero-order valence-electron chi connectivity index (χ0n) is 15.9. The predicted octanol–water partition coefficient (Wildman–Crippen LogP) is 2.50. The molecule has 7 heteroatoms. The number of anilines is 4. The number of phenols is 1. The summed E-state index contributed by atoms with van der Waals surface area (Å²) in [5.74, 6) is -0.0632. The molecule has 0 unspecified atom stereocenters. The third kappa shape index (κ3) is 5.12. The summed E-state index contributed by atoms with van der Waals surface area (Å²) in [7, 11) is 0. The molecule has 1 amide bonds. The number of rotatable bonds is 8. The van der Waals surface area contributed by atoms with Crippen LogP contribution >= 0.6 is 0 Å². The molecule has 0 aliphatic carbocycles. The van der Waals surface area contributed by atoms with Gasteiger partial charge in [0.2, 0.25) is 5.91 Å². The van der Waals surface area contributed by atoms with Gasteiger partial charge in [-0.25, -0.2) is 0 Å². The minimum absolute atomic E-state index is 0.00609. The van der Waals surface area contributed by atoms with Gasteiger partial charge in [0.25, 0.3) is 0 Å². The normalized spacial score (nSPS) is 10.6. The maximum atomic E-state index is 11.5. The predicted molar refractivity (Wildman–Crippen MR) is 108 cm³/mol. The van der Waals surface area contributed by atoms with Crippen LogP contribution in [0.5, 0.6) is 5.75 Å². The summed E-state index contributed by atoms with van der Waals surface area (Å²) in [4.78, 5) is 13.4. The highest BCUT2D eigenvalue weighted by Gasteiger charge is 2.14. The lowest BCUT2D eigenvalue weighted by Gasteiger charge is -2.23. The van der Waals surface area contributed by atoms with Gasteiger partial charge in [0.15, 0.2) is 0 Å². The summed E-state index contributed by atoms with van der Waals surface area (Å²) in [5, 5.41) is 34.5. The van der Waals surface area contributed by atoms with Gasteiger partial charge in [0, 0.05) is 37.0 Å². The van der Waals surface area contributed by atoms with Gasteiger partial charge in [-0.1, -0.05) is 0 Å². The highest BCUT2D eigenvalue weighted by molar-refractivity contribution is 5.95. The Balaban J connectivity index is 2.30. The first-order valence-corrected chi connectivity index (χ1v) is 8.81. The molecule has 0 bridgehead atoms. The number of nitrogens with zero attached hydrogens (tertiary/aromatic N) is 1. The molecule has 0 aliphatic rings. The highest BCUT2D eigenvalue weighted by atomic mass is 16.3. The molecule has 0 aromatic heterocycles. The van der Waals surface area contributed by atoms with E-state index >= 15 is 0 Å². The number of aliphatic hydroxyl groups excluding tert-OH is 2. The fourth-order valence-corrected chi connectivity index (χ4v) is 2.93. The van der Waals surface area contributed by atoms with Crippen molar-refractivity contribution >= 4 is 28.7 Å². The molecule has 0 atom stereocenters. The van der Waals surface area contributed by atoms with E-state index in [2.05, 4.69) is 10.6 Å². The van der Waals surface area contributed by atoms with E-state index in [1.54, 1.807) is 19.9 Å². The number of aromatic hydroxyl groups is 1. The van der Waals surface area contributed by atoms with Crippen molar-refractivity contribution in [3.63, 3.8) is 0 Å². The van der Waals surface area contributed by atoms with Crippen molar-refractivity contribution in [2.45, 2.75) is 20.8 Å². The first kappa shape index (κ1) is 20.5. The summed E-state index contributed by atoms with van der Waals surface area (Å²) in [5.41, 5.74) is 4.23. The fraction of sp³-hybridized carbons (Fsp3) is 0.350. The van der Waals surface area contributed by atoms with E-state index in [9.17, 15) is 9.90 Å². The van der Waals surface area contributed by atoms with Gasteiger partial charge < -0.3 is 30.9 Å². The second-order valence-corrected chi connectivity index (χ2v) is 6.38. The molecule has 0 saturated carbocycles. The molecule has 0 heterocycles. The Morgan fingerprint density at radius 2 is 1.67 bits per heavy atom. The van der Waals surface area contributed by atoms with Crippen molar-refractivity contribution in [3.05, 3.63) is 41.5 Å². The van der Waals surface area contributed by atoms with Crippen LogP contribution in [0.3, 0.4) is 0 Å². The van der Waals surface area contributed by atoms with Gasteiger partial charge in [-0.2, -0.15) is 0 Å². The Morgan fingerprint density at radius 3 is 2.19 bits per heavy atom. The first-order chi connectivity index (χ1) is 12.9. The minimum Gasteiger partial charge on any atom is -0.507 e. The number of benzene rings is 2. The number of amides is 1. The number of hydrogen-bond donors (Lipinski definition) is 5. The number of hydrogen-bond acceptors (Lipinski definition) is 6. The molecule has 146 valence electrons. The molecule has 7 nitrogen and oxygen atoms in total. The van der Waals surface area contributed by atoms with Gasteiger partial charge in [0.05, 0.1) is 24.6 Å². The van der Waals surface area contributed by atoms with Crippen LogP contribution in [0.2, 0.25) is 0 Å². The van der Waals surface area contributed by atoms with Crippen molar-refractivity contribution in [2.24, 2.45) is 0 Å². The summed E-state index contributed by atoms with van der Waals surface area (Å²) < 4.78 is 0. The fourth-order valence-electron chi connectivity index (χ4n) is 2.93. The second kappa shape index (κ2) is 9.25. The molecule has 2 rings (SSSR count). The van der Waals surface area contributed by atoms with Crippen LogP contribution in [0.4, 0.5) is 22.7 Å².